The van der Waals surface area contributed by atoms with Gasteiger partial charge in [-0.05, 0) is 31.0 Å². The molecule has 1 saturated heterocycles. The van der Waals surface area contributed by atoms with E-state index in [1.807, 2.05) is 0 Å². The SMILES string of the molecule is CNC(=O)C1CCCN(C(=O)c2cc(S)ccc2F)C1. The highest BCUT2D eigenvalue weighted by atomic mass is 32.1. The molecule has 4 nitrogen and oxygen atoms in total. The summed E-state index contributed by atoms with van der Waals surface area (Å²) in [6.07, 6.45) is 1.49. The van der Waals surface area contributed by atoms with Crippen LogP contribution in [0, 0.1) is 11.7 Å². The van der Waals surface area contributed by atoms with Crippen molar-refractivity contribution in [1.82, 2.24) is 10.2 Å². The lowest BCUT2D eigenvalue weighted by Gasteiger charge is -2.32. The predicted molar refractivity (Wildman–Crippen MR) is 76.3 cm³/mol. The zero-order valence-electron chi connectivity index (χ0n) is 11.2. The first-order valence-corrected chi connectivity index (χ1v) is 6.97. The molecule has 1 aliphatic rings. The summed E-state index contributed by atoms with van der Waals surface area (Å²) in [5.41, 5.74) is 0.00931. The average molecular weight is 296 g/mol. The van der Waals surface area contributed by atoms with Crippen LogP contribution < -0.4 is 5.32 Å². The topological polar surface area (TPSA) is 49.4 Å². The first kappa shape index (κ1) is 14.8. The lowest BCUT2D eigenvalue weighted by atomic mass is 9.96. The molecule has 1 atom stereocenters. The number of hydrogen-bond donors (Lipinski definition) is 2. The number of benzene rings is 1. The van der Waals surface area contributed by atoms with Crippen LogP contribution in [0.15, 0.2) is 23.1 Å². The minimum absolute atomic E-state index is 0.00931. The third kappa shape index (κ3) is 3.12. The van der Waals surface area contributed by atoms with Gasteiger partial charge in [0.15, 0.2) is 0 Å². The summed E-state index contributed by atoms with van der Waals surface area (Å²) in [6.45, 7) is 0.872. The number of piperidine rings is 1. The Morgan fingerprint density at radius 2 is 2.20 bits per heavy atom. The van der Waals surface area contributed by atoms with E-state index in [0.29, 0.717) is 18.0 Å². The van der Waals surface area contributed by atoms with E-state index >= 15 is 0 Å². The molecule has 20 heavy (non-hydrogen) atoms. The summed E-state index contributed by atoms with van der Waals surface area (Å²) in [4.78, 5) is 26.1. The van der Waals surface area contributed by atoms with Crippen LogP contribution in [0.25, 0.3) is 0 Å². The van der Waals surface area contributed by atoms with Crippen molar-refractivity contribution in [2.24, 2.45) is 5.92 Å². The summed E-state index contributed by atoms with van der Waals surface area (Å²) in [5.74, 6) is -1.24. The van der Waals surface area contributed by atoms with Gasteiger partial charge in [-0.25, -0.2) is 4.39 Å². The highest BCUT2D eigenvalue weighted by Gasteiger charge is 2.29. The zero-order chi connectivity index (χ0) is 14.7. The Bertz CT molecular complexity index is 536. The normalized spacial score (nSPS) is 18.8. The molecule has 1 aliphatic heterocycles. The summed E-state index contributed by atoms with van der Waals surface area (Å²) in [7, 11) is 1.58. The minimum Gasteiger partial charge on any atom is -0.359 e. The number of likely N-dealkylation sites (tertiary alicyclic amines) is 1. The maximum Gasteiger partial charge on any atom is 0.256 e. The van der Waals surface area contributed by atoms with Gasteiger partial charge in [0.25, 0.3) is 5.91 Å². The second-order valence-corrected chi connectivity index (χ2v) is 5.39. The number of hydrogen-bond acceptors (Lipinski definition) is 3. The number of nitrogens with zero attached hydrogens (tertiary/aromatic N) is 1. The van der Waals surface area contributed by atoms with E-state index in [4.69, 9.17) is 0 Å². The van der Waals surface area contributed by atoms with Crippen molar-refractivity contribution < 1.29 is 14.0 Å². The fourth-order valence-corrected chi connectivity index (χ4v) is 2.63. The molecule has 108 valence electrons. The van der Waals surface area contributed by atoms with Gasteiger partial charge in [0.05, 0.1) is 11.5 Å². The molecule has 2 rings (SSSR count). The molecule has 1 fully saturated rings. The lowest BCUT2D eigenvalue weighted by Crippen LogP contribution is -2.45. The van der Waals surface area contributed by atoms with Crippen molar-refractivity contribution in [1.29, 1.82) is 0 Å². The van der Waals surface area contributed by atoms with Crippen LogP contribution in [0.3, 0.4) is 0 Å². The number of nitrogens with one attached hydrogen (secondary N) is 1. The van der Waals surface area contributed by atoms with Crippen LogP contribution in [0.2, 0.25) is 0 Å². The third-order valence-corrected chi connectivity index (χ3v) is 3.78. The monoisotopic (exact) mass is 296 g/mol. The van der Waals surface area contributed by atoms with Gasteiger partial charge in [0, 0.05) is 25.0 Å². The molecule has 1 aromatic rings. The van der Waals surface area contributed by atoms with Crippen LogP contribution in [0.4, 0.5) is 4.39 Å². The summed E-state index contributed by atoms with van der Waals surface area (Å²) in [6, 6.07) is 4.15. The number of carbonyl (C=O) groups excluding carboxylic acids is 2. The molecule has 2 amide bonds. The molecule has 0 bridgehead atoms. The Balaban J connectivity index is 2.16. The van der Waals surface area contributed by atoms with Crippen LogP contribution in [-0.2, 0) is 4.79 Å². The van der Waals surface area contributed by atoms with Crippen LogP contribution in [0.1, 0.15) is 23.2 Å². The maximum atomic E-state index is 13.7. The van der Waals surface area contributed by atoms with Crippen molar-refractivity contribution in [2.75, 3.05) is 20.1 Å². The zero-order valence-corrected chi connectivity index (χ0v) is 12.1. The molecule has 0 saturated carbocycles. The van der Waals surface area contributed by atoms with E-state index in [9.17, 15) is 14.0 Å². The molecular weight excluding hydrogens is 279 g/mol. The highest BCUT2D eigenvalue weighted by molar-refractivity contribution is 7.80. The summed E-state index contributed by atoms with van der Waals surface area (Å²) in [5, 5.41) is 2.59. The highest BCUT2D eigenvalue weighted by Crippen LogP contribution is 2.21. The average Bonchev–Trinajstić information content (AvgIpc) is 2.48. The van der Waals surface area contributed by atoms with Crippen molar-refractivity contribution in [3.05, 3.63) is 29.6 Å². The summed E-state index contributed by atoms with van der Waals surface area (Å²) >= 11 is 4.12. The van der Waals surface area contributed by atoms with E-state index in [0.717, 1.165) is 12.8 Å². The predicted octanol–water partition coefficient (Wildman–Crippen LogP) is 1.71. The van der Waals surface area contributed by atoms with Gasteiger partial charge in [0.2, 0.25) is 5.91 Å². The minimum atomic E-state index is -0.560. The molecule has 1 aromatic carbocycles. The third-order valence-electron chi connectivity index (χ3n) is 3.51. The largest absolute Gasteiger partial charge is 0.359 e. The Hall–Kier alpha value is -1.56. The Morgan fingerprint density at radius 3 is 2.90 bits per heavy atom. The molecule has 0 spiro atoms. The fourth-order valence-electron chi connectivity index (χ4n) is 2.43. The van der Waals surface area contributed by atoms with Gasteiger partial charge in [-0.15, -0.1) is 12.6 Å². The van der Waals surface area contributed by atoms with Gasteiger partial charge in [-0.1, -0.05) is 0 Å². The van der Waals surface area contributed by atoms with E-state index in [1.165, 1.54) is 23.1 Å². The van der Waals surface area contributed by atoms with Crippen LogP contribution in [0.5, 0.6) is 0 Å². The van der Waals surface area contributed by atoms with E-state index in [-0.39, 0.29) is 23.3 Å². The number of amides is 2. The second-order valence-electron chi connectivity index (χ2n) is 4.87. The number of thiol groups is 1. The van der Waals surface area contributed by atoms with E-state index in [1.54, 1.807) is 7.05 Å². The molecule has 1 N–H and O–H groups in total. The fraction of sp³-hybridized carbons (Fsp3) is 0.429. The molecule has 1 unspecified atom stereocenters. The van der Waals surface area contributed by atoms with Gasteiger partial charge in [-0.2, -0.15) is 0 Å². The quantitative estimate of drug-likeness (QED) is 0.816. The van der Waals surface area contributed by atoms with Crippen molar-refractivity contribution >= 4 is 24.4 Å². The van der Waals surface area contributed by atoms with Gasteiger partial charge >= 0.3 is 0 Å². The van der Waals surface area contributed by atoms with Crippen molar-refractivity contribution in [2.45, 2.75) is 17.7 Å². The number of rotatable bonds is 2. The maximum absolute atomic E-state index is 13.7. The van der Waals surface area contributed by atoms with Gasteiger partial charge in [-0.3, -0.25) is 9.59 Å². The van der Waals surface area contributed by atoms with Crippen molar-refractivity contribution in [3.8, 4) is 0 Å². The number of halogens is 1. The number of carbonyl (C=O) groups is 2. The van der Waals surface area contributed by atoms with E-state index in [2.05, 4.69) is 17.9 Å². The first-order valence-electron chi connectivity index (χ1n) is 6.52. The smallest absolute Gasteiger partial charge is 0.256 e. The molecule has 6 heteroatoms. The van der Waals surface area contributed by atoms with Crippen molar-refractivity contribution in [3.63, 3.8) is 0 Å². The van der Waals surface area contributed by atoms with Crippen LogP contribution in [-0.4, -0.2) is 36.9 Å². The van der Waals surface area contributed by atoms with Gasteiger partial charge < -0.3 is 10.2 Å². The van der Waals surface area contributed by atoms with E-state index < -0.39 is 5.82 Å². The summed E-state index contributed by atoms with van der Waals surface area (Å²) < 4.78 is 13.7. The molecule has 1 heterocycles. The Morgan fingerprint density at radius 1 is 1.45 bits per heavy atom. The standard InChI is InChI=1S/C14H17FN2O2S/c1-16-13(18)9-3-2-6-17(8-9)14(19)11-7-10(20)4-5-12(11)15/h4-5,7,9,20H,2-3,6,8H2,1H3,(H,16,18). The Labute approximate surface area is 122 Å². The molecule has 0 aromatic heterocycles. The molecular formula is C14H17FN2O2S. The van der Waals surface area contributed by atoms with Crippen LogP contribution >= 0.6 is 12.6 Å². The molecule has 0 radical (unpaired) electrons. The van der Waals surface area contributed by atoms with Gasteiger partial charge in [0.1, 0.15) is 5.82 Å². The molecule has 0 aliphatic carbocycles. The Kier molecular flexibility index (Phi) is 4.65. The second kappa shape index (κ2) is 6.26. The lowest BCUT2D eigenvalue weighted by molar-refractivity contribution is -0.125. The first-order chi connectivity index (χ1) is 9.52.